The minimum absolute atomic E-state index is 0.694. The predicted octanol–water partition coefficient (Wildman–Crippen LogP) is 3.87. The lowest BCUT2D eigenvalue weighted by Crippen LogP contribution is -2.17. The molecule has 0 heterocycles. The van der Waals surface area contributed by atoms with E-state index in [2.05, 4.69) is 26.0 Å². The summed E-state index contributed by atoms with van der Waals surface area (Å²) in [5, 5.41) is 0. The molecule has 15 heavy (non-hydrogen) atoms. The lowest BCUT2D eigenvalue weighted by molar-refractivity contribution is 0.330. The summed E-state index contributed by atoms with van der Waals surface area (Å²) in [6.45, 7) is 4.56. The van der Waals surface area contributed by atoms with Gasteiger partial charge in [-0.2, -0.15) is 0 Å². The third-order valence-corrected chi connectivity index (χ3v) is 3.84. The van der Waals surface area contributed by atoms with Crippen LogP contribution < -0.4 is 5.73 Å². The molecule has 0 saturated heterocycles. The van der Waals surface area contributed by atoms with E-state index in [9.17, 15) is 0 Å². The first-order chi connectivity index (χ1) is 7.20. The fourth-order valence-electron chi connectivity index (χ4n) is 2.95. The summed E-state index contributed by atoms with van der Waals surface area (Å²) in [5.74, 6) is 1.49. The average molecular weight is 203 g/mol. The van der Waals surface area contributed by atoms with E-state index in [0.29, 0.717) is 5.92 Å². The summed E-state index contributed by atoms with van der Waals surface area (Å²) < 4.78 is 0. The van der Waals surface area contributed by atoms with E-state index in [0.717, 1.165) is 11.6 Å². The predicted molar refractivity (Wildman–Crippen MR) is 66.0 cm³/mol. The number of aryl methyl sites for hydroxylation is 1. The minimum Gasteiger partial charge on any atom is -0.398 e. The minimum atomic E-state index is 0.694. The quantitative estimate of drug-likeness (QED) is 0.689. The van der Waals surface area contributed by atoms with E-state index in [-0.39, 0.29) is 0 Å². The van der Waals surface area contributed by atoms with Gasteiger partial charge < -0.3 is 5.73 Å². The number of rotatable bonds is 1. The van der Waals surface area contributed by atoms with Crippen LogP contribution in [-0.2, 0) is 0 Å². The highest BCUT2D eigenvalue weighted by Crippen LogP contribution is 2.40. The van der Waals surface area contributed by atoms with E-state index >= 15 is 0 Å². The van der Waals surface area contributed by atoms with Gasteiger partial charge >= 0.3 is 0 Å². The molecule has 0 unspecified atom stereocenters. The number of hydrogen-bond donors (Lipinski definition) is 1. The zero-order valence-corrected chi connectivity index (χ0v) is 9.79. The molecule has 1 heteroatoms. The SMILES string of the molecule is Cc1cccc(N)c1[C@@H]1CCCC[C@@H]1C. The number of nitrogen functional groups attached to an aromatic ring is 1. The summed E-state index contributed by atoms with van der Waals surface area (Å²) in [5.41, 5.74) is 9.90. The Labute approximate surface area is 92.7 Å². The molecule has 0 radical (unpaired) electrons. The first-order valence-electron chi connectivity index (χ1n) is 6.05. The van der Waals surface area contributed by atoms with Crippen molar-refractivity contribution in [3.05, 3.63) is 29.3 Å². The highest BCUT2D eigenvalue weighted by Gasteiger charge is 2.25. The van der Waals surface area contributed by atoms with Gasteiger partial charge in [0.1, 0.15) is 0 Å². The molecular formula is C14H21N. The van der Waals surface area contributed by atoms with Gasteiger partial charge in [-0.05, 0) is 42.4 Å². The molecule has 1 aliphatic carbocycles. The van der Waals surface area contributed by atoms with Gasteiger partial charge in [0.15, 0.2) is 0 Å². The molecule has 0 aromatic heterocycles. The van der Waals surface area contributed by atoms with Crippen LogP contribution in [-0.4, -0.2) is 0 Å². The summed E-state index contributed by atoms with van der Waals surface area (Å²) in [4.78, 5) is 0. The number of benzene rings is 1. The van der Waals surface area contributed by atoms with Gasteiger partial charge in [-0.15, -0.1) is 0 Å². The van der Waals surface area contributed by atoms with Crippen molar-refractivity contribution in [1.29, 1.82) is 0 Å². The Bertz CT molecular complexity index is 323. The topological polar surface area (TPSA) is 26.0 Å². The molecule has 1 fully saturated rings. The molecule has 0 spiro atoms. The fraction of sp³-hybridized carbons (Fsp3) is 0.571. The van der Waals surface area contributed by atoms with E-state index in [1.54, 1.807) is 0 Å². The van der Waals surface area contributed by atoms with E-state index in [4.69, 9.17) is 5.73 Å². The van der Waals surface area contributed by atoms with Gasteiger partial charge in [0, 0.05) is 5.69 Å². The average Bonchev–Trinajstić information content (AvgIpc) is 2.20. The lowest BCUT2D eigenvalue weighted by Gasteiger charge is -2.31. The Morgan fingerprint density at radius 1 is 1.20 bits per heavy atom. The molecule has 82 valence electrons. The molecule has 1 aliphatic rings. The Morgan fingerprint density at radius 2 is 1.93 bits per heavy atom. The number of hydrogen-bond acceptors (Lipinski definition) is 1. The van der Waals surface area contributed by atoms with E-state index in [1.807, 2.05) is 6.07 Å². The van der Waals surface area contributed by atoms with Crippen molar-refractivity contribution in [3.8, 4) is 0 Å². The molecule has 2 atom stereocenters. The van der Waals surface area contributed by atoms with E-state index < -0.39 is 0 Å². The first kappa shape index (κ1) is 10.5. The summed E-state index contributed by atoms with van der Waals surface area (Å²) in [6.07, 6.45) is 5.43. The normalized spacial score (nSPS) is 26.5. The highest BCUT2D eigenvalue weighted by atomic mass is 14.6. The second-order valence-corrected chi connectivity index (χ2v) is 4.95. The van der Waals surface area contributed by atoms with Crippen molar-refractivity contribution in [1.82, 2.24) is 0 Å². The van der Waals surface area contributed by atoms with Crippen molar-refractivity contribution in [2.24, 2.45) is 5.92 Å². The van der Waals surface area contributed by atoms with Crippen LogP contribution in [0.2, 0.25) is 0 Å². The summed E-state index contributed by atoms with van der Waals surface area (Å²) in [7, 11) is 0. The molecule has 0 bridgehead atoms. The Kier molecular flexibility index (Phi) is 2.99. The van der Waals surface area contributed by atoms with Crippen LogP contribution in [0.5, 0.6) is 0 Å². The molecule has 1 aromatic rings. The maximum absolute atomic E-state index is 6.11. The molecule has 1 saturated carbocycles. The lowest BCUT2D eigenvalue weighted by atomic mass is 9.75. The number of nitrogens with two attached hydrogens (primary N) is 1. The molecular weight excluding hydrogens is 182 g/mol. The Balaban J connectivity index is 2.35. The monoisotopic (exact) mass is 203 g/mol. The van der Waals surface area contributed by atoms with Crippen molar-refractivity contribution < 1.29 is 0 Å². The molecule has 2 rings (SSSR count). The van der Waals surface area contributed by atoms with Crippen LogP contribution in [0.15, 0.2) is 18.2 Å². The van der Waals surface area contributed by atoms with Crippen molar-refractivity contribution in [3.63, 3.8) is 0 Å². The van der Waals surface area contributed by atoms with Crippen LogP contribution in [0.25, 0.3) is 0 Å². The maximum Gasteiger partial charge on any atom is 0.0352 e. The third-order valence-electron chi connectivity index (χ3n) is 3.84. The molecule has 0 amide bonds. The van der Waals surface area contributed by atoms with Crippen LogP contribution in [0.4, 0.5) is 5.69 Å². The van der Waals surface area contributed by atoms with Crippen molar-refractivity contribution >= 4 is 5.69 Å². The number of anilines is 1. The zero-order chi connectivity index (χ0) is 10.8. The van der Waals surface area contributed by atoms with Crippen LogP contribution in [0.1, 0.15) is 49.7 Å². The maximum atomic E-state index is 6.11. The van der Waals surface area contributed by atoms with Gasteiger partial charge in [-0.1, -0.05) is 38.3 Å². The Hall–Kier alpha value is -0.980. The van der Waals surface area contributed by atoms with Crippen LogP contribution in [0, 0.1) is 12.8 Å². The summed E-state index contributed by atoms with van der Waals surface area (Å²) >= 11 is 0. The highest BCUT2D eigenvalue weighted by molar-refractivity contribution is 5.52. The second kappa shape index (κ2) is 4.26. The van der Waals surface area contributed by atoms with Crippen LogP contribution in [0.3, 0.4) is 0 Å². The third kappa shape index (κ3) is 2.01. The van der Waals surface area contributed by atoms with Gasteiger partial charge in [-0.25, -0.2) is 0 Å². The van der Waals surface area contributed by atoms with Crippen molar-refractivity contribution in [2.45, 2.75) is 45.4 Å². The summed E-state index contributed by atoms with van der Waals surface area (Å²) in [6, 6.07) is 6.29. The molecule has 2 N–H and O–H groups in total. The van der Waals surface area contributed by atoms with Gasteiger partial charge in [0.05, 0.1) is 0 Å². The molecule has 1 aromatic carbocycles. The van der Waals surface area contributed by atoms with Crippen molar-refractivity contribution in [2.75, 3.05) is 5.73 Å². The smallest absolute Gasteiger partial charge is 0.0352 e. The fourth-order valence-corrected chi connectivity index (χ4v) is 2.95. The van der Waals surface area contributed by atoms with Gasteiger partial charge in [-0.3, -0.25) is 0 Å². The first-order valence-corrected chi connectivity index (χ1v) is 6.05. The largest absolute Gasteiger partial charge is 0.398 e. The zero-order valence-electron chi connectivity index (χ0n) is 9.79. The molecule has 0 aliphatic heterocycles. The van der Waals surface area contributed by atoms with Crippen LogP contribution >= 0.6 is 0 Å². The van der Waals surface area contributed by atoms with Gasteiger partial charge in [0.25, 0.3) is 0 Å². The standard InChI is InChI=1S/C14H21N/c1-10-6-3-4-8-12(10)14-11(2)7-5-9-13(14)15/h5,7,9-10,12H,3-4,6,8,15H2,1-2H3/t10-,12+/m0/s1. The molecule has 1 nitrogen and oxygen atoms in total. The second-order valence-electron chi connectivity index (χ2n) is 4.95. The van der Waals surface area contributed by atoms with Gasteiger partial charge in [0.2, 0.25) is 0 Å². The Morgan fingerprint density at radius 3 is 2.60 bits per heavy atom. The van der Waals surface area contributed by atoms with E-state index in [1.165, 1.54) is 36.8 Å².